The van der Waals surface area contributed by atoms with Gasteiger partial charge in [-0.25, -0.2) is 0 Å². The zero-order chi connectivity index (χ0) is 22.8. The molecule has 0 radical (unpaired) electrons. The van der Waals surface area contributed by atoms with Gasteiger partial charge in [0.1, 0.15) is 5.75 Å². The van der Waals surface area contributed by atoms with E-state index in [1.165, 1.54) is 0 Å². The van der Waals surface area contributed by atoms with Crippen molar-refractivity contribution in [1.82, 2.24) is 0 Å². The number of halogens is 1. The van der Waals surface area contributed by atoms with E-state index >= 15 is 0 Å². The van der Waals surface area contributed by atoms with E-state index in [2.05, 4.69) is 33.5 Å². The first-order valence-electron chi connectivity index (χ1n) is 10.7. The van der Waals surface area contributed by atoms with E-state index in [4.69, 9.17) is 4.74 Å². The Bertz CT molecular complexity index is 1040. The fraction of sp³-hybridized carbons (Fsp3) is 0.231. The van der Waals surface area contributed by atoms with Crippen molar-refractivity contribution in [3.05, 3.63) is 88.4 Å². The number of carbonyl (C=O) groups excluding carboxylic acids is 2. The van der Waals surface area contributed by atoms with Gasteiger partial charge in [0.2, 0.25) is 5.91 Å². The van der Waals surface area contributed by atoms with Gasteiger partial charge in [-0.1, -0.05) is 43.7 Å². The fourth-order valence-corrected chi connectivity index (χ4v) is 3.55. The molecule has 3 aromatic carbocycles. The van der Waals surface area contributed by atoms with E-state index in [0.29, 0.717) is 36.4 Å². The summed E-state index contributed by atoms with van der Waals surface area (Å²) in [4.78, 5) is 24.8. The van der Waals surface area contributed by atoms with Crippen LogP contribution in [-0.2, 0) is 11.2 Å². The molecule has 32 heavy (non-hydrogen) atoms. The maximum Gasteiger partial charge on any atom is 0.255 e. The van der Waals surface area contributed by atoms with Gasteiger partial charge < -0.3 is 15.4 Å². The molecule has 5 nitrogen and oxygen atoms in total. The first-order valence-corrected chi connectivity index (χ1v) is 11.5. The van der Waals surface area contributed by atoms with Gasteiger partial charge in [0.25, 0.3) is 5.91 Å². The maximum atomic E-state index is 12.6. The topological polar surface area (TPSA) is 67.4 Å². The van der Waals surface area contributed by atoms with Gasteiger partial charge in [-0.05, 0) is 76.8 Å². The van der Waals surface area contributed by atoms with E-state index < -0.39 is 0 Å². The number of anilines is 2. The van der Waals surface area contributed by atoms with E-state index in [1.807, 2.05) is 30.3 Å². The van der Waals surface area contributed by atoms with Crippen LogP contribution in [0.25, 0.3) is 0 Å². The molecule has 166 valence electrons. The van der Waals surface area contributed by atoms with Crippen molar-refractivity contribution in [1.29, 1.82) is 0 Å². The van der Waals surface area contributed by atoms with Crippen LogP contribution in [0, 0.1) is 0 Å². The lowest BCUT2D eigenvalue weighted by Crippen LogP contribution is -2.13. The van der Waals surface area contributed by atoms with Crippen LogP contribution in [0.1, 0.15) is 42.1 Å². The smallest absolute Gasteiger partial charge is 0.255 e. The molecule has 0 unspecified atom stereocenters. The van der Waals surface area contributed by atoms with Crippen molar-refractivity contribution in [2.75, 3.05) is 17.2 Å². The van der Waals surface area contributed by atoms with Crippen LogP contribution in [0.15, 0.2) is 77.3 Å². The number of hydrogen-bond acceptors (Lipinski definition) is 3. The third-order valence-electron chi connectivity index (χ3n) is 4.86. The van der Waals surface area contributed by atoms with Crippen molar-refractivity contribution in [2.24, 2.45) is 0 Å². The molecule has 0 spiro atoms. The van der Waals surface area contributed by atoms with Gasteiger partial charge in [-0.2, -0.15) is 0 Å². The Hall–Kier alpha value is -3.12. The molecule has 6 heteroatoms. The Morgan fingerprint density at radius 2 is 1.59 bits per heavy atom. The van der Waals surface area contributed by atoms with Gasteiger partial charge in [0.15, 0.2) is 0 Å². The molecule has 0 aliphatic carbocycles. The predicted octanol–water partition coefficient (Wildman–Crippen LogP) is 6.45. The molecule has 0 aliphatic rings. The molecule has 0 heterocycles. The van der Waals surface area contributed by atoms with Crippen LogP contribution in [0.4, 0.5) is 11.4 Å². The van der Waals surface area contributed by atoms with Crippen molar-refractivity contribution in [2.45, 2.75) is 32.6 Å². The Morgan fingerprint density at radius 1 is 0.906 bits per heavy atom. The second-order valence-electron chi connectivity index (χ2n) is 7.41. The largest absolute Gasteiger partial charge is 0.492 e. The van der Waals surface area contributed by atoms with Crippen LogP contribution in [0.2, 0.25) is 0 Å². The van der Waals surface area contributed by atoms with Crippen LogP contribution in [0.5, 0.6) is 5.75 Å². The van der Waals surface area contributed by atoms with Gasteiger partial charge in [-0.3, -0.25) is 9.59 Å². The number of ether oxygens (including phenoxy) is 1. The Kier molecular flexibility index (Phi) is 8.87. The highest BCUT2D eigenvalue weighted by atomic mass is 79.9. The lowest BCUT2D eigenvalue weighted by atomic mass is 10.1. The maximum absolute atomic E-state index is 12.6. The number of amides is 2. The molecule has 0 aromatic heterocycles. The highest BCUT2D eigenvalue weighted by Crippen LogP contribution is 2.27. The molecular weight excluding hydrogens is 468 g/mol. The minimum atomic E-state index is -0.217. The van der Waals surface area contributed by atoms with E-state index in [9.17, 15) is 9.59 Å². The van der Waals surface area contributed by atoms with Crippen LogP contribution in [0.3, 0.4) is 0 Å². The molecule has 3 aromatic rings. The molecule has 0 saturated carbocycles. The third-order valence-corrected chi connectivity index (χ3v) is 5.48. The molecule has 3 rings (SSSR count). The fourth-order valence-electron chi connectivity index (χ4n) is 3.05. The minimum Gasteiger partial charge on any atom is -0.492 e. The summed E-state index contributed by atoms with van der Waals surface area (Å²) in [6.45, 7) is 2.76. The SMILES string of the molecule is CCCCOc1ccc(C(=O)Nc2ccc(NC(=O)CCc3ccccc3)cc2)cc1Br. The number of unbranched alkanes of at least 4 members (excludes halogenated alkanes) is 1. The highest BCUT2D eigenvalue weighted by molar-refractivity contribution is 9.10. The van der Waals surface area contributed by atoms with Crippen LogP contribution < -0.4 is 15.4 Å². The normalized spacial score (nSPS) is 10.4. The van der Waals surface area contributed by atoms with Gasteiger partial charge in [0, 0.05) is 23.4 Å². The average molecular weight is 495 g/mol. The summed E-state index contributed by atoms with van der Waals surface area (Å²) in [5, 5.41) is 5.76. The van der Waals surface area contributed by atoms with Crippen molar-refractivity contribution < 1.29 is 14.3 Å². The van der Waals surface area contributed by atoms with Crippen molar-refractivity contribution in [3.63, 3.8) is 0 Å². The van der Waals surface area contributed by atoms with Crippen molar-refractivity contribution in [3.8, 4) is 5.75 Å². The zero-order valence-corrected chi connectivity index (χ0v) is 19.7. The first-order chi connectivity index (χ1) is 15.5. The second-order valence-corrected chi connectivity index (χ2v) is 8.27. The molecule has 0 bridgehead atoms. The summed E-state index contributed by atoms with van der Waals surface area (Å²) in [5.41, 5.74) is 3.00. The van der Waals surface area contributed by atoms with Crippen molar-refractivity contribution >= 4 is 39.1 Å². The third kappa shape index (κ3) is 7.24. The Balaban J connectivity index is 1.51. The van der Waals surface area contributed by atoms with E-state index in [0.717, 1.165) is 28.6 Å². The second kappa shape index (κ2) is 12.1. The molecule has 0 saturated heterocycles. The molecule has 2 amide bonds. The molecule has 0 aliphatic heterocycles. The van der Waals surface area contributed by atoms with Crippen LogP contribution >= 0.6 is 15.9 Å². The summed E-state index contributed by atoms with van der Waals surface area (Å²) in [7, 11) is 0. The van der Waals surface area contributed by atoms with E-state index in [1.54, 1.807) is 42.5 Å². The van der Waals surface area contributed by atoms with Gasteiger partial charge in [-0.15, -0.1) is 0 Å². The highest BCUT2D eigenvalue weighted by Gasteiger charge is 2.10. The molecule has 0 fully saturated rings. The van der Waals surface area contributed by atoms with Crippen LogP contribution in [-0.4, -0.2) is 18.4 Å². The standard InChI is InChI=1S/C26H27BrN2O3/c1-2-3-17-32-24-15-10-20(18-23(24)27)26(31)29-22-13-11-21(12-14-22)28-25(30)16-9-19-7-5-4-6-8-19/h4-8,10-15,18H,2-3,9,16-17H2,1H3,(H,28,30)(H,29,31). The number of rotatable bonds is 10. The quantitative estimate of drug-likeness (QED) is 0.318. The van der Waals surface area contributed by atoms with Gasteiger partial charge >= 0.3 is 0 Å². The number of carbonyl (C=O) groups is 2. The molecular formula is C26H27BrN2O3. The van der Waals surface area contributed by atoms with Gasteiger partial charge in [0.05, 0.1) is 11.1 Å². The monoisotopic (exact) mass is 494 g/mol. The summed E-state index contributed by atoms with van der Waals surface area (Å²) < 4.78 is 6.45. The Labute approximate surface area is 197 Å². The zero-order valence-electron chi connectivity index (χ0n) is 18.1. The first kappa shape index (κ1) is 23.5. The average Bonchev–Trinajstić information content (AvgIpc) is 2.81. The number of benzene rings is 3. The van der Waals surface area contributed by atoms with E-state index in [-0.39, 0.29) is 11.8 Å². The summed E-state index contributed by atoms with van der Waals surface area (Å²) in [6.07, 6.45) is 3.15. The lowest BCUT2D eigenvalue weighted by molar-refractivity contribution is -0.116. The molecule has 2 N–H and O–H groups in total. The minimum absolute atomic E-state index is 0.0447. The lowest BCUT2D eigenvalue weighted by Gasteiger charge is -2.10. The predicted molar refractivity (Wildman–Crippen MR) is 132 cm³/mol. The number of nitrogens with one attached hydrogen (secondary N) is 2. The summed E-state index contributed by atoms with van der Waals surface area (Å²) in [5.74, 6) is 0.463. The number of hydrogen-bond donors (Lipinski definition) is 2. The molecule has 0 atom stereocenters. The number of aryl methyl sites for hydroxylation is 1. The Morgan fingerprint density at radius 3 is 2.25 bits per heavy atom. The summed E-state index contributed by atoms with van der Waals surface area (Å²) >= 11 is 3.47. The summed E-state index contributed by atoms with van der Waals surface area (Å²) in [6, 6.07) is 22.3.